The summed E-state index contributed by atoms with van der Waals surface area (Å²) in [4.78, 5) is 14.7. The van der Waals surface area contributed by atoms with E-state index in [0.29, 0.717) is 29.9 Å². The van der Waals surface area contributed by atoms with Gasteiger partial charge in [-0.1, -0.05) is 54.1 Å². The maximum Gasteiger partial charge on any atom is 0.234 e. The molecule has 1 saturated heterocycles. The first kappa shape index (κ1) is 21.7. The minimum Gasteiger partial charge on any atom is -0.348 e. The zero-order valence-corrected chi connectivity index (χ0v) is 17.0. The molecule has 3 rings (SSSR count). The number of carbonyl (C=O) groups is 1. The number of hydrogen-bond acceptors (Lipinski definition) is 3. The van der Waals surface area contributed by atoms with E-state index in [1.54, 1.807) is 0 Å². The van der Waals surface area contributed by atoms with Gasteiger partial charge in [0.25, 0.3) is 0 Å². The molecule has 146 valence electrons. The first-order chi connectivity index (χ1) is 12.6. The van der Waals surface area contributed by atoms with Crippen LogP contribution >= 0.6 is 24.0 Å². The maximum absolute atomic E-state index is 12.5. The van der Waals surface area contributed by atoms with E-state index in [9.17, 15) is 4.79 Å². The molecule has 0 radical (unpaired) electrons. The lowest BCUT2D eigenvalue weighted by Gasteiger charge is -2.19. The number of amides is 1. The van der Waals surface area contributed by atoms with E-state index in [1.165, 1.54) is 5.56 Å². The summed E-state index contributed by atoms with van der Waals surface area (Å²) < 4.78 is 0. The highest BCUT2D eigenvalue weighted by Crippen LogP contribution is 2.31. The zero-order valence-electron chi connectivity index (χ0n) is 15.5. The van der Waals surface area contributed by atoms with Crippen molar-refractivity contribution >= 4 is 29.9 Å². The van der Waals surface area contributed by atoms with Gasteiger partial charge in [-0.3, -0.25) is 9.69 Å². The Morgan fingerprint density at radius 3 is 2.48 bits per heavy atom. The smallest absolute Gasteiger partial charge is 0.234 e. The SMILES string of the molecule is CC(NC(=O)CN1C[C@@H](CN)[C@H](c2ccccc2)C1)c1ccc(Cl)cc1.Cl. The molecule has 0 bridgehead atoms. The molecule has 4 nitrogen and oxygen atoms in total. The van der Waals surface area contributed by atoms with Gasteiger partial charge in [0.2, 0.25) is 5.91 Å². The van der Waals surface area contributed by atoms with Gasteiger partial charge in [-0.25, -0.2) is 0 Å². The van der Waals surface area contributed by atoms with Crippen LogP contribution < -0.4 is 11.1 Å². The van der Waals surface area contributed by atoms with Crippen molar-refractivity contribution in [3.8, 4) is 0 Å². The van der Waals surface area contributed by atoms with Crippen molar-refractivity contribution in [3.63, 3.8) is 0 Å². The summed E-state index contributed by atoms with van der Waals surface area (Å²) in [6.07, 6.45) is 0. The monoisotopic (exact) mass is 407 g/mol. The van der Waals surface area contributed by atoms with Crippen LogP contribution in [0.5, 0.6) is 0 Å². The molecule has 3 N–H and O–H groups in total. The number of halogens is 2. The standard InChI is InChI=1S/C21H26ClN3O.ClH/c1-15(16-7-9-19(22)10-8-16)24-21(26)14-25-12-18(11-23)20(13-25)17-5-3-2-4-6-17;/h2-10,15,18,20H,11-14,23H2,1H3,(H,24,26);1H/t15?,18-,20+;/m1./s1. The van der Waals surface area contributed by atoms with Gasteiger partial charge in [0, 0.05) is 24.0 Å². The van der Waals surface area contributed by atoms with E-state index in [1.807, 2.05) is 37.3 Å². The molecule has 1 fully saturated rings. The molecule has 2 aromatic rings. The van der Waals surface area contributed by atoms with Crippen LogP contribution in [0, 0.1) is 5.92 Å². The summed E-state index contributed by atoms with van der Waals surface area (Å²) in [6.45, 7) is 4.75. The number of nitrogens with one attached hydrogen (secondary N) is 1. The highest BCUT2D eigenvalue weighted by Gasteiger charge is 2.33. The Morgan fingerprint density at radius 1 is 1.19 bits per heavy atom. The van der Waals surface area contributed by atoms with Crippen molar-refractivity contribution < 1.29 is 4.79 Å². The van der Waals surface area contributed by atoms with Crippen molar-refractivity contribution in [1.82, 2.24) is 10.2 Å². The third-order valence-corrected chi connectivity index (χ3v) is 5.41. The fourth-order valence-corrected chi connectivity index (χ4v) is 3.86. The molecule has 6 heteroatoms. The molecule has 1 amide bonds. The number of hydrogen-bond donors (Lipinski definition) is 2. The van der Waals surface area contributed by atoms with Gasteiger partial charge in [-0.05, 0) is 42.6 Å². The van der Waals surface area contributed by atoms with Crippen molar-refractivity contribution in [3.05, 3.63) is 70.7 Å². The molecule has 1 unspecified atom stereocenters. The average molecular weight is 408 g/mol. The van der Waals surface area contributed by atoms with Crippen LogP contribution in [0.4, 0.5) is 0 Å². The van der Waals surface area contributed by atoms with Gasteiger partial charge in [0.05, 0.1) is 12.6 Å². The van der Waals surface area contributed by atoms with E-state index in [4.69, 9.17) is 17.3 Å². The van der Waals surface area contributed by atoms with Crippen LogP contribution in [-0.2, 0) is 4.79 Å². The lowest BCUT2D eigenvalue weighted by Crippen LogP contribution is -2.37. The number of benzene rings is 2. The highest BCUT2D eigenvalue weighted by atomic mass is 35.5. The molecule has 1 heterocycles. The third-order valence-electron chi connectivity index (χ3n) is 5.16. The molecular formula is C21H27Cl2N3O. The molecule has 0 saturated carbocycles. The second-order valence-electron chi connectivity index (χ2n) is 7.05. The van der Waals surface area contributed by atoms with E-state index in [2.05, 4.69) is 34.5 Å². The molecule has 27 heavy (non-hydrogen) atoms. The van der Waals surface area contributed by atoms with Crippen LogP contribution in [0.2, 0.25) is 5.02 Å². The Bertz CT molecular complexity index is 724. The molecule has 0 aromatic heterocycles. The summed E-state index contributed by atoms with van der Waals surface area (Å²) >= 11 is 5.92. The van der Waals surface area contributed by atoms with Gasteiger partial charge in [-0.2, -0.15) is 0 Å². The number of rotatable bonds is 6. The van der Waals surface area contributed by atoms with E-state index < -0.39 is 0 Å². The van der Waals surface area contributed by atoms with Crippen LogP contribution in [0.3, 0.4) is 0 Å². The van der Waals surface area contributed by atoms with Crippen molar-refractivity contribution in [2.24, 2.45) is 11.7 Å². The number of carbonyl (C=O) groups excluding carboxylic acids is 1. The van der Waals surface area contributed by atoms with Gasteiger partial charge < -0.3 is 11.1 Å². The normalized spacial score (nSPS) is 20.7. The number of likely N-dealkylation sites (tertiary alicyclic amines) is 1. The summed E-state index contributed by atoms with van der Waals surface area (Å²) in [5.74, 6) is 0.818. The van der Waals surface area contributed by atoms with Gasteiger partial charge >= 0.3 is 0 Å². The predicted octanol–water partition coefficient (Wildman–Crippen LogP) is 3.61. The summed E-state index contributed by atoms with van der Waals surface area (Å²) in [6, 6.07) is 18.0. The number of nitrogens with zero attached hydrogens (tertiary/aromatic N) is 1. The average Bonchev–Trinajstić information content (AvgIpc) is 3.05. The quantitative estimate of drug-likeness (QED) is 0.768. The molecule has 3 atom stereocenters. The van der Waals surface area contributed by atoms with Crippen molar-refractivity contribution in [1.29, 1.82) is 0 Å². The highest BCUT2D eigenvalue weighted by molar-refractivity contribution is 6.30. The lowest BCUT2D eigenvalue weighted by atomic mass is 9.89. The lowest BCUT2D eigenvalue weighted by molar-refractivity contribution is -0.122. The molecule has 0 spiro atoms. The molecular weight excluding hydrogens is 381 g/mol. The minimum absolute atomic E-state index is 0. The fourth-order valence-electron chi connectivity index (χ4n) is 3.73. The van der Waals surface area contributed by atoms with Gasteiger partial charge in [0.15, 0.2) is 0 Å². The predicted molar refractivity (Wildman–Crippen MR) is 113 cm³/mol. The second-order valence-corrected chi connectivity index (χ2v) is 7.48. The zero-order chi connectivity index (χ0) is 18.5. The minimum atomic E-state index is -0.0439. The Hall–Kier alpha value is -1.59. The topological polar surface area (TPSA) is 58.4 Å². The molecule has 1 aliphatic heterocycles. The van der Waals surface area contributed by atoms with Crippen LogP contribution in [0.1, 0.15) is 30.0 Å². The summed E-state index contributed by atoms with van der Waals surface area (Å²) in [5.41, 5.74) is 8.34. The Kier molecular flexibility index (Phi) is 8.11. The second kappa shape index (κ2) is 10.1. The first-order valence-electron chi connectivity index (χ1n) is 9.09. The molecule has 1 aliphatic rings. The van der Waals surface area contributed by atoms with Crippen LogP contribution in [0.15, 0.2) is 54.6 Å². The maximum atomic E-state index is 12.5. The molecule has 2 aromatic carbocycles. The summed E-state index contributed by atoms with van der Waals surface area (Å²) in [5, 5.41) is 3.77. The van der Waals surface area contributed by atoms with Gasteiger partial charge in [-0.15, -0.1) is 12.4 Å². The fraction of sp³-hybridized carbons (Fsp3) is 0.381. The largest absolute Gasteiger partial charge is 0.348 e. The van der Waals surface area contributed by atoms with E-state index >= 15 is 0 Å². The van der Waals surface area contributed by atoms with E-state index in [0.717, 1.165) is 18.7 Å². The third kappa shape index (κ3) is 5.69. The van der Waals surface area contributed by atoms with Crippen LogP contribution in [0.25, 0.3) is 0 Å². The molecule has 0 aliphatic carbocycles. The van der Waals surface area contributed by atoms with Crippen molar-refractivity contribution in [2.75, 3.05) is 26.2 Å². The van der Waals surface area contributed by atoms with Gasteiger partial charge in [0.1, 0.15) is 0 Å². The van der Waals surface area contributed by atoms with E-state index in [-0.39, 0.29) is 24.4 Å². The first-order valence-corrected chi connectivity index (χ1v) is 9.47. The number of nitrogens with two attached hydrogens (primary N) is 1. The Labute approximate surface area is 172 Å². The van der Waals surface area contributed by atoms with Crippen LogP contribution in [-0.4, -0.2) is 37.0 Å². The Balaban J connectivity index is 0.00000261. The Morgan fingerprint density at radius 2 is 1.85 bits per heavy atom. The van der Waals surface area contributed by atoms with Crippen molar-refractivity contribution in [2.45, 2.75) is 18.9 Å². The summed E-state index contributed by atoms with van der Waals surface area (Å²) in [7, 11) is 0.